The summed E-state index contributed by atoms with van der Waals surface area (Å²) in [5.41, 5.74) is 1.10. The summed E-state index contributed by atoms with van der Waals surface area (Å²) in [5.74, 6) is 0.682. The average Bonchev–Trinajstić information content (AvgIpc) is 2.09. The van der Waals surface area contributed by atoms with E-state index in [-0.39, 0.29) is 0 Å². The summed E-state index contributed by atoms with van der Waals surface area (Å²) in [5, 5.41) is 8.34. The van der Waals surface area contributed by atoms with Gasteiger partial charge in [0.25, 0.3) is 6.26 Å². The Morgan fingerprint density at radius 1 is 1.42 bits per heavy atom. The third kappa shape index (κ3) is 2.00. The van der Waals surface area contributed by atoms with Gasteiger partial charge in [-0.05, 0) is 18.1 Å². The van der Waals surface area contributed by atoms with Crippen molar-refractivity contribution in [1.82, 2.24) is 0 Å². The Kier molecular flexibility index (Phi) is 3.16. The van der Waals surface area contributed by atoms with Gasteiger partial charge in [0.2, 0.25) is 0 Å². The fourth-order valence-corrected chi connectivity index (χ4v) is 1.13. The SMILES string of the molecule is CCCc1ccccc1OC#N. The van der Waals surface area contributed by atoms with E-state index in [9.17, 15) is 0 Å². The summed E-state index contributed by atoms with van der Waals surface area (Å²) in [6, 6.07) is 7.62. The quantitative estimate of drug-likeness (QED) is 0.638. The molecule has 0 heterocycles. The minimum absolute atomic E-state index is 0.682. The van der Waals surface area contributed by atoms with Crippen molar-refractivity contribution in [3.63, 3.8) is 0 Å². The van der Waals surface area contributed by atoms with Gasteiger partial charge in [0.05, 0.1) is 0 Å². The van der Waals surface area contributed by atoms with Crippen LogP contribution in [0.4, 0.5) is 0 Å². The Morgan fingerprint density at radius 3 is 2.83 bits per heavy atom. The molecule has 0 aliphatic heterocycles. The van der Waals surface area contributed by atoms with Gasteiger partial charge in [-0.3, -0.25) is 0 Å². The van der Waals surface area contributed by atoms with Gasteiger partial charge in [-0.2, -0.15) is 0 Å². The maximum atomic E-state index is 8.34. The highest BCUT2D eigenvalue weighted by molar-refractivity contribution is 5.34. The number of aryl methyl sites for hydroxylation is 1. The van der Waals surface area contributed by atoms with Gasteiger partial charge in [0.15, 0.2) is 0 Å². The zero-order valence-electron chi connectivity index (χ0n) is 7.08. The van der Waals surface area contributed by atoms with Crippen molar-refractivity contribution < 1.29 is 4.74 Å². The molecule has 0 bridgehead atoms. The third-order valence-corrected chi connectivity index (χ3v) is 1.65. The largest absolute Gasteiger partial charge is 0.388 e. The monoisotopic (exact) mass is 161 g/mol. The second-order valence-electron chi connectivity index (χ2n) is 2.55. The van der Waals surface area contributed by atoms with Gasteiger partial charge >= 0.3 is 0 Å². The van der Waals surface area contributed by atoms with E-state index in [1.165, 1.54) is 0 Å². The van der Waals surface area contributed by atoms with Gasteiger partial charge in [-0.15, -0.1) is 5.26 Å². The van der Waals surface area contributed by atoms with Crippen LogP contribution in [0, 0.1) is 11.5 Å². The first-order valence-corrected chi connectivity index (χ1v) is 4.02. The normalized spacial score (nSPS) is 9.00. The molecule has 0 N–H and O–H groups in total. The van der Waals surface area contributed by atoms with Gasteiger partial charge in [-0.25, -0.2) is 0 Å². The molecule has 1 aromatic carbocycles. The summed E-state index contributed by atoms with van der Waals surface area (Å²) >= 11 is 0. The maximum Gasteiger partial charge on any atom is 0.292 e. The molecule has 0 amide bonds. The molecule has 2 nitrogen and oxygen atoms in total. The molecule has 0 aliphatic carbocycles. The number of nitriles is 1. The van der Waals surface area contributed by atoms with E-state index in [2.05, 4.69) is 6.92 Å². The first-order valence-electron chi connectivity index (χ1n) is 4.02. The maximum absolute atomic E-state index is 8.34. The summed E-state index contributed by atoms with van der Waals surface area (Å²) < 4.78 is 4.80. The third-order valence-electron chi connectivity index (χ3n) is 1.65. The number of para-hydroxylation sites is 1. The van der Waals surface area contributed by atoms with E-state index < -0.39 is 0 Å². The molecule has 0 aromatic heterocycles. The molecule has 0 unspecified atom stereocenters. The molecule has 0 aliphatic rings. The number of hydrogen-bond acceptors (Lipinski definition) is 2. The fraction of sp³-hybridized carbons (Fsp3) is 0.300. The zero-order valence-corrected chi connectivity index (χ0v) is 7.08. The van der Waals surface area contributed by atoms with Gasteiger partial charge in [0, 0.05) is 0 Å². The molecule has 2 heteroatoms. The van der Waals surface area contributed by atoms with E-state index in [4.69, 9.17) is 10.00 Å². The number of nitrogens with zero attached hydrogens (tertiary/aromatic N) is 1. The molecule has 0 spiro atoms. The van der Waals surface area contributed by atoms with Gasteiger partial charge in [0.1, 0.15) is 5.75 Å². The average molecular weight is 161 g/mol. The highest BCUT2D eigenvalue weighted by Gasteiger charge is 2.00. The first-order chi connectivity index (χ1) is 5.88. The zero-order chi connectivity index (χ0) is 8.81. The van der Waals surface area contributed by atoms with Crippen LogP contribution in [0.25, 0.3) is 0 Å². The fourth-order valence-electron chi connectivity index (χ4n) is 1.13. The molecule has 12 heavy (non-hydrogen) atoms. The highest BCUT2D eigenvalue weighted by atomic mass is 16.5. The van der Waals surface area contributed by atoms with Crippen molar-refractivity contribution in [2.24, 2.45) is 0 Å². The second-order valence-corrected chi connectivity index (χ2v) is 2.55. The molecular formula is C10H11NO. The topological polar surface area (TPSA) is 33.0 Å². The Bertz CT molecular complexity index is 288. The minimum atomic E-state index is 0.682. The van der Waals surface area contributed by atoms with Crippen molar-refractivity contribution in [1.29, 1.82) is 5.26 Å². The molecule has 0 fully saturated rings. The molecule has 62 valence electrons. The van der Waals surface area contributed by atoms with E-state index in [1.54, 1.807) is 6.26 Å². The number of rotatable bonds is 3. The van der Waals surface area contributed by atoms with Crippen LogP contribution in [-0.4, -0.2) is 0 Å². The van der Waals surface area contributed by atoms with Crippen molar-refractivity contribution in [3.05, 3.63) is 29.8 Å². The van der Waals surface area contributed by atoms with Crippen LogP contribution in [0.2, 0.25) is 0 Å². The van der Waals surface area contributed by atoms with Crippen molar-refractivity contribution in [3.8, 4) is 12.0 Å². The van der Waals surface area contributed by atoms with Crippen LogP contribution in [0.15, 0.2) is 24.3 Å². The Hall–Kier alpha value is -1.49. The molecular weight excluding hydrogens is 150 g/mol. The molecule has 0 saturated heterocycles. The van der Waals surface area contributed by atoms with E-state index >= 15 is 0 Å². The van der Waals surface area contributed by atoms with Gasteiger partial charge < -0.3 is 4.74 Å². The number of benzene rings is 1. The van der Waals surface area contributed by atoms with Crippen LogP contribution < -0.4 is 4.74 Å². The van der Waals surface area contributed by atoms with Crippen LogP contribution in [0.5, 0.6) is 5.75 Å². The lowest BCUT2D eigenvalue weighted by molar-refractivity contribution is 0.499. The lowest BCUT2D eigenvalue weighted by atomic mass is 10.1. The molecule has 0 atom stereocenters. The lowest BCUT2D eigenvalue weighted by Gasteiger charge is -2.02. The van der Waals surface area contributed by atoms with Crippen molar-refractivity contribution >= 4 is 0 Å². The standard InChI is InChI=1S/C10H11NO/c1-2-5-9-6-3-4-7-10(9)12-8-11/h3-4,6-7H,2,5H2,1H3. The highest BCUT2D eigenvalue weighted by Crippen LogP contribution is 2.18. The molecule has 1 aromatic rings. The minimum Gasteiger partial charge on any atom is -0.388 e. The second kappa shape index (κ2) is 4.40. The number of hydrogen-bond donors (Lipinski definition) is 0. The van der Waals surface area contributed by atoms with Crippen molar-refractivity contribution in [2.75, 3.05) is 0 Å². The van der Waals surface area contributed by atoms with E-state index in [0.717, 1.165) is 18.4 Å². The van der Waals surface area contributed by atoms with Gasteiger partial charge in [-0.1, -0.05) is 31.5 Å². The van der Waals surface area contributed by atoms with Crippen molar-refractivity contribution in [2.45, 2.75) is 19.8 Å². The molecule has 0 saturated carbocycles. The van der Waals surface area contributed by atoms with Crippen LogP contribution in [-0.2, 0) is 6.42 Å². The molecule has 0 radical (unpaired) electrons. The Labute approximate surface area is 72.4 Å². The predicted octanol–water partition coefficient (Wildman–Crippen LogP) is 2.50. The lowest BCUT2D eigenvalue weighted by Crippen LogP contribution is -1.89. The van der Waals surface area contributed by atoms with E-state index in [0.29, 0.717) is 5.75 Å². The Morgan fingerprint density at radius 2 is 2.17 bits per heavy atom. The number of ether oxygens (including phenoxy) is 1. The van der Waals surface area contributed by atoms with Crippen LogP contribution in [0.1, 0.15) is 18.9 Å². The van der Waals surface area contributed by atoms with E-state index in [1.807, 2.05) is 24.3 Å². The molecule has 1 rings (SSSR count). The van der Waals surface area contributed by atoms with Crippen LogP contribution in [0.3, 0.4) is 0 Å². The summed E-state index contributed by atoms with van der Waals surface area (Å²) in [7, 11) is 0. The first kappa shape index (κ1) is 8.61. The summed E-state index contributed by atoms with van der Waals surface area (Å²) in [6.45, 7) is 2.10. The summed E-state index contributed by atoms with van der Waals surface area (Å²) in [6.07, 6.45) is 3.70. The van der Waals surface area contributed by atoms with Crippen LogP contribution >= 0.6 is 0 Å². The predicted molar refractivity (Wildman–Crippen MR) is 46.7 cm³/mol. The summed E-state index contributed by atoms with van der Waals surface area (Å²) in [4.78, 5) is 0. The Balaban J connectivity index is 2.85. The smallest absolute Gasteiger partial charge is 0.292 e.